The fourth-order valence-corrected chi connectivity index (χ4v) is 3.91. The molecule has 134 valence electrons. The molecule has 1 aliphatic heterocycles. The van der Waals surface area contributed by atoms with E-state index in [2.05, 4.69) is 35.7 Å². The Morgan fingerprint density at radius 3 is 2.60 bits per heavy atom. The molecule has 0 bridgehead atoms. The van der Waals surface area contributed by atoms with Gasteiger partial charge in [0.15, 0.2) is 5.65 Å². The second-order valence-corrected chi connectivity index (χ2v) is 8.86. The molecule has 2 aromatic heterocycles. The SMILES string of the molecule is Cn1c(C2CC=NC=C2SC(C)(C)C)nc2cc(C(F)(F)F)cnc21. The maximum Gasteiger partial charge on any atom is 0.417 e. The highest BCUT2D eigenvalue weighted by molar-refractivity contribution is 8.04. The molecule has 0 aromatic carbocycles. The van der Waals surface area contributed by atoms with Crippen LogP contribution >= 0.6 is 11.8 Å². The number of aryl methyl sites for hydroxylation is 1. The maximum absolute atomic E-state index is 12.9. The summed E-state index contributed by atoms with van der Waals surface area (Å²) in [5, 5.41) is 0. The van der Waals surface area contributed by atoms with Crippen molar-refractivity contribution in [3.8, 4) is 0 Å². The molecule has 0 spiro atoms. The first kappa shape index (κ1) is 18.0. The molecule has 1 atom stereocenters. The number of aliphatic imine (C=N–C) groups is 1. The minimum absolute atomic E-state index is 0.00321. The predicted molar refractivity (Wildman–Crippen MR) is 94.8 cm³/mol. The fraction of sp³-hybridized carbons (Fsp3) is 0.471. The number of thioether (sulfide) groups is 1. The lowest BCUT2D eigenvalue weighted by atomic mass is 10.0. The van der Waals surface area contributed by atoms with E-state index in [0.717, 1.165) is 17.2 Å². The van der Waals surface area contributed by atoms with E-state index in [0.29, 0.717) is 17.9 Å². The fourth-order valence-electron chi connectivity index (χ4n) is 2.74. The summed E-state index contributed by atoms with van der Waals surface area (Å²) < 4.78 is 40.5. The maximum atomic E-state index is 12.9. The highest BCUT2D eigenvalue weighted by Gasteiger charge is 2.33. The molecule has 4 nitrogen and oxygen atoms in total. The van der Waals surface area contributed by atoms with E-state index in [1.54, 1.807) is 23.4 Å². The lowest BCUT2D eigenvalue weighted by Crippen LogP contribution is -2.15. The van der Waals surface area contributed by atoms with Gasteiger partial charge in [-0.25, -0.2) is 9.97 Å². The second-order valence-electron chi connectivity index (χ2n) is 6.96. The number of hydrogen-bond acceptors (Lipinski definition) is 4. The van der Waals surface area contributed by atoms with Gasteiger partial charge in [-0.3, -0.25) is 4.99 Å². The average molecular weight is 368 g/mol. The second kappa shape index (κ2) is 6.16. The van der Waals surface area contributed by atoms with Crippen molar-refractivity contribution in [2.45, 2.75) is 44.0 Å². The van der Waals surface area contributed by atoms with Crippen LogP contribution in [-0.2, 0) is 13.2 Å². The first-order chi connectivity index (χ1) is 11.6. The molecule has 0 amide bonds. The van der Waals surface area contributed by atoms with Gasteiger partial charge in [-0.05, 0) is 12.5 Å². The van der Waals surface area contributed by atoms with Gasteiger partial charge in [0, 0.05) is 35.3 Å². The van der Waals surface area contributed by atoms with Crippen LogP contribution in [0.1, 0.15) is 44.5 Å². The molecule has 0 N–H and O–H groups in total. The smallest absolute Gasteiger partial charge is 0.315 e. The number of allylic oxidation sites excluding steroid dienone is 1. The van der Waals surface area contributed by atoms with Crippen LogP contribution in [0.25, 0.3) is 11.2 Å². The van der Waals surface area contributed by atoms with E-state index in [1.807, 2.05) is 12.4 Å². The Hall–Kier alpha value is -1.83. The summed E-state index contributed by atoms with van der Waals surface area (Å²) >= 11 is 1.70. The summed E-state index contributed by atoms with van der Waals surface area (Å²) in [5.41, 5.74) is -0.0738. The van der Waals surface area contributed by atoms with E-state index in [4.69, 9.17) is 0 Å². The van der Waals surface area contributed by atoms with Gasteiger partial charge in [0.1, 0.15) is 11.3 Å². The zero-order valence-electron chi connectivity index (χ0n) is 14.4. The predicted octanol–water partition coefficient (Wildman–Crippen LogP) is 4.92. The zero-order chi connectivity index (χ0) is 18.4. The van der Waals surface area contributed by atoms with Gasteiger partial charge >= 0.3 is 6.18 Å². The van der Waals surface area contributed by atoms with Crippen LogP contribution in [-0.4, -0.2) is 25.5 Å². The summed E-state index contributed by atoms with van der Waals surface area (Å²) in [5.74, 6) is 0.672. The molecule has 1 aliphatic rings. The van der Waals surface area contributed by atoms with Crippen LogP contribution in [0.3, 0.4) is 0 Å². The van der Waals surface area contributed by atoms with Crippen LogP contribution in [0.2, 0.25) is 0 Å². The van der Waals surface area contributed by atoms with Gasteiger partial charge in [-0.15, -0.1) is 11.8 Å². The molecule has 8 heteroatoms. The molecule has 0 fully saturated rings. The number of pyridine rings is 1. The number of alkyl halides is 3. The summed E-state index contributed by atoms with van der Waals surface area (Å²) in [7, 11) is 1.79. The number of aromatic nitrogens is 3. The minimum Gasteiger partial charge on any atom is -0.315 e. The number of fused-ring (bicyclic) bond motifs is 1. The standard InChI is InChI=1S/C17H19F3N4S/c1-16(2,3)25-13-9-21-6-5-11(13)14-23-12-7-10(17(18,19)20)8-22-15(12)24(14)4/h6-9,11H,5H2,1-4H3. The molecule has 2 aromatic rings. The Bertz CT molecular complexity index is 859. The molecular weight excluding hydrogens is 349 g/mol. The molecule has 0 saturated heterocycles. The van der Waals surface area contributed by atoms with Crippen LogP contribution in [0.4, 0.5) is 13.2 Å². The van der Waals surface area contributed by atoms with E-state index in [9.17, 15) is 13.2 Å². The Morgan fingerprint density at radius 2 is 1.96 bits per heavy atom. The third-order valence-electron chi connectivity index (χ3n) is 3.80. The Morgan fingerprint density at radius 1 is 1.24 bits per heavy atom. The first-order valence-corrected chi connectivity index (χ1v) is 8.68. The molecule has 25 heavy (non-hydrogen) atoms. The van der Waals surface area contributed by atoms with Crippen molar-refractivity contribution in [3.63, 3.8) is 0 Å². The topological polar surface area (TPSA) is 43.1 Å². The molecule has 0 saturated carbocycles. The van der Waals surface area contributed by atoms with Crippen LogP contribution in [0.5, 0.6) is 0 Å². The normalized spacial score (nSPS) is 18.7. The van der Waals surface area contributed by atoms with Crippen LogP contribution < -0.4 is 0 Å². The van der Waals surface area contributed by atoms with Crippen molar-refractivity contribution < 1.29 is 13.2 Å². The summed E-state index contributed by atoms with van der Waals surface area (Å²) in [4.78, 5) is 13.8. The van der Waals surface area contributed by atoms with E-state index < -0.39 is 11.7 Å². The van der Waals surface area contributed by atoms with Crippen LogP contribution in [0, 0.1) is 0 Å². The van der Waals surface area contributed by atoms with E-state index in [1.165, 1.54) is 0 Å². The van der Waals surface area contributed by atoms with Gasteiger partial charge in [0.2, 0.25) is 0 Å². The molecular formula is C17H19F3N4S. The summed E-state index contributed by atoms with van der Waals surface area (Å²) in [6.45, 7) is 6.33. The third-order valence-corrected chi connectivity index (χ3v) is 5.04. The molecule has 3 heterocycles. The molecule has 1 unspecified atom stereocenters. The average Bonchev–Trinajstić information content (AvgIpc) is 2.82. The molecule has 0 aliphatic carbocycles. The summed E-state index contributed by atoms with van der Waals surface area (Å²) in [6.07, 6.45) is 0.724. The van der Waals surface area contributed by atoms with Crippen molar-refractivity contribution in [2.75, 3.05) is 0 Å². The van der Waals surface area contributed by atoms with Crippen molar-refractivity contribution in [1.29, 1.82) is 0 Å². The van der Waals surface area contributed by atoms with Crippen molar-refractivity contribution in [1.82, 2.24) is 14.5 Å². The zero-order valence-corrected chi connectivity index (χ0v) is 15.2. The van der Waals surface area contributed by atoms with Crippen molar-refractivity contribution in [2.24, 2.45) is 12.0 Å². The Kier molecular flexibility index (Phi) is 4.43. The lowest BCUT2D eigenvalue weighted by Gasteiger charge is -2.26. The van der Waals surface area contributed by atoms with Crippen molar-refractivity contribution >= 4 is 29.1 Å². The quantitative estimate of drug-likeness (QED) is 0.756. The number of rotatable bonds is 2. The van der Waals surface area contributed by atoms with Crippen LogP contribution in [0.15, 0.2) is 28.4 Å². The van der Waals surface area contributed by atoms with Gasteiger partial charge in [-0.2, -0.15) is 13.2 Å². The monoisotopic (exact) mass is 368 g/mol. The van der Waals surface area contributed by atoms with Gasteiger partial charge in [0.25, 0.3) is 0 Å². The molecule has 3 rings (SSSR count). The number of imidazole rings is 1. The highest BCUT2D eigenvalue weighted by atomic mass is 32.2. The van der Waals surface area contributed by atoms with Gasteiger partial charge < -0.3 is 4.57 Å². The highest BCUT2D eigenvalue weighted by Crippen LogP contribution is 2.42. The van der Waals surface area contributed by atoms with Crippen molar-refractivity contribution in [3.05, 3.63) is 34.8 Å². The Balaban J connectivity index is 2.04. The van der Waals surface area contributed by atoms with Gasteiger partial charge in [-0.1, -0.05) is 20.8 Å². The lowest BCUT2D eigenvalue weighted by molar-refractivity contribution is -0.137. The van der Waals surface area contributed by atoms with E-state index >= 15 is 0 Å². The molecule has 0 radical (unpaired) electrons. The number of hydrogen-bond donors (Lipinski definition) is 0. The van der Waals surface area contributed by atoms with Gasteiger partial charge in [0.05, 0.1) is 11.5 Å². The number of halogens is 3. The number of nitrogens with zero attached hydrogens (tertiary/aromatic N) is 4. The minimum atomic E-state index is -4.43. The largest absolute Gasteiger partial charge is 0.417 e. The first-order valence-electron chi connectivity index (χ1n) is 7.86. The third kappa shape index (κ3) is 3.73. The van der Waals surface area contributed by atoms with E-state index in [-0.39, 0.29) is 16.2 Å². The Labute approximate surface area is 148 Å². The summed E-state index contributed by atoms with van der Waals surface area (Å²) in [6, 6.07) is 1.06.